The highest BCUT2D eigenvalue weighted by atomic mass is 15.0. The smallest absolute Gasteiger partial charge is 0.181 e. The second-order valence-corrected chi connectivity index (χ2v) is 5.05. The van der Waals surface area contributed by atoms with E-state index in [2.05, 4.69) is 53.0 Å². The zero-order valence-corrected chi connectivity index (χ0v) is 11.2. The van der Waals surface area contributed by atoms with Gasteiger partial charge < -0.3 is 0 Å². The van der Waals surface area contributed by atoms with E-state index in [-0.39, 0.29) is 0 Å². The molecule has 0 atom stereocenters. The molecule has 0 aliphatic rings. The van der Waals surface area contributed by atoms with Gasteiger partial charge in [0.25, 0.3) is 0 Å². The third kappa shape index (κ3) is 2.22. The van der Waals surface area contributed by atoms with Gasteiger partial charge in [0, 0.05) is 30.9 Å². The van der Waals surface area contributed by atoms with E-state index in [1.807, 2.05) is 0 Å². The monoisotopic (exact) mass is 206 g/mol. The van der Waals surface area contributed by atoms with Gasteiger partial charge in [-0.15, -0.1) is 0 Å². The van der Waals surface area contributed by atoms with Crippen LogP contribution in [0.1, 0.15) is 41.9 Å². The van der Waals surface area contributed by atoms with Gasteiger partial charge in [0.1, 0.15) is 0 Å². The lowest BCUT2D eigenvalue weighted by atomic mass is 10.0. The van der Waals surface area contributed by atoms with Crippen LogP contribution >= 0.6 is 0 Å². The van der Waals surface area contributed by atoms with E-state index in [1.54, 1.807) is 0 Å². The third-order valence-corrected chi connectivity index (χ3v) is 3.57. The maximum Gasteiger partial charge on any atom is 0.181 e. The molecule has 1 heteroatoms. The summed E-state index contributed by atoms with van der Waals surface area (Å²) in [4.78, 5) is 0. The molecule has 15 heavy (non-hydrogen) atoms. The molecule has 0 saturated carbocycles. The zero-order valence-electron chi connectivity index (χ0n) is 11.2. The molecular formula is C14H24N+. The molecule has 0 fully saturated rings. The van der Waals surface area contributed by atoms with Crippen LogP contribution in [0.25, 0.3) is 0 Å². The molecule has 0 amide bonds. The summed E-state index contributed by atoms with van der Waals surface area (Å²) in [5, 5.41) is 0. The predicted molar refractivity (Wildman–Crippen MR) is 65.2 cm³/mol. The Morgan fingerprint density at radius 3 is 1.53 bits per heavy atom. The van der Waals surface area contributed by atoms with Crippen molar-refractivity contribution in [2.75, 3.05) is 0 Å². The van der Waals surface area contributed by atoms with E-state index >= 15 is 0 Å². The Labute approximate surface area is 94.1 Å². The molecule has 0 aliphatic heterocycles. The first-order valence-corrected chi connectivity index (χ1v) is 5.83. The van der Waals surface area contributed by atoms with Crippen molar-refractivity contribution in [3.8, 4) is 0 Å². The first-order valence-electron chi connectivity index (χ1n) is 5.83. The van der Waals surface area contributed by atoms with Crippen LogP contribution in [0.5, 0.6) is 0 Å². The van der Waals surface area contributed by atoms with Crippen molar-refractivity contribution in [3.63, 3.8) is 0 Å². The van der Waals surface area contributed by atoms with Gasteiger partial charge in [-0.05, 0) is 26.3 Å². The quantitative estimate of drug-likeness (QED) is 0.654. The van der Waals surface area contributed by atoms with Crippen LogP contribution in [-0.4, -0.2) is 0 Å². The highest BCUT2D eigenvalue weighted by Gasteiger charge is 2.19. The lowest BCUT2D eigenvalue weighted by molar-refractivity contribution is -0.714. The van der Waals surface area contributed by atoms with Crippen molar-refractivity contribution in [2.45, 2.75) is 55.0 Å². The maximum atomic E-state index is 2.46. The number of nitrogens with zero attached hydrogens (tertiary/aromatic N) is 1. The van der Waals surface area contributed by atoms with E-state index in [0.717, 1.165) is 6.54 Å². The standard InChI is InChI=1S/C14H24N/c1-9(2)8-15-13(6)11(4)10(3)12(5)14(15)7/h9H,8H2,1-7H3/q+1. The van der Waals surface area contributed by atoms with Crippen LogP contribution in [0.4, 0.5) is 0 Å². The third-order valence-electron chi connectivity index (χ3n) is 3.57. The summed E-state index contributed by atoms with van der Waals surface area (Å²) in [5.41, 5.74) is 7.18. The Kier molecular flexibility index (Phi) is 3.54. The molecule has 1 aromatic heterocycles. The highest BCUT2D eigenvalue weighted by Crippen LogP contribution is 2.16. The summed E-state index contributed by atoms with van der Waals surface area (Å²) >= 11 is 0. The zero-order chi connectivity index (χ0) is 11.7. The second-order valence-electron chi connectivity index (χ2n) is 5.05. The van der Waals surface area contributed by atoms with E-state index in [4.69, 9.17) is 0 Å². The van der Waals surface area contributed by atoms with Crippen LogP contribution in [0.15, 0.2) is 0 Å². The lowest BCUT2D eigenvalue weighted by Crippen LogP contribution is -2.44. The molecule has 1 heterocycles. The Balaban J connectivity index is 3.39. The second kappa shape index (κ2) is 4.34. The minimum atomic E-state index is 0.703. The summed E-state index contributed by atoms with van der Waals surface area (Å²) in [6.45, 7) is 16.8. The van der Waals surface area contributed by atoms with Crippen molar-refractivity contribution < 1.29 is 4.57 Å². The van der Waals surface area contributed by atoms with Crippen molar-refractivity contribution in [1.82, 2.24) is 0 Å². The number of hydrogen-bond donors (Lipinski definition) is 0. The van der Waals surface area contributed by atoms with Gasteiger partial charge in [0.15, 0.2) is 17.9 Å². The van der Waals surface area contributed by atoms with Crippen LogP contribution < -0.4 is 4.57 Å². The Bertz CT molecular complexity index is 346. The van der Waals surface area contributed by atoms with E-state index < -0.39 is 0 Å². The molecule has 0 bridgehead atoms. The van der Waals surface area contributed by atoms with Crippen molar-refractivity contribution in [1.29, 1.82) is 0 Å². The summed E-state index contributed by atoms with van der Waals surface area (Å²) in [5.74, 6) is 0.703. The molecule has 1 rings (SSSR count). The minimum Gasteiger partial charge on any atom is -0.200 e. The molecule has 0 unspecified atom stereocenters. The van der Waals surface area contributed by atoms with Gasteiger partial charge in [-0.25, -0.2) is 0 Å². The van der Waals surface area contributed by atoms with Gasteiger partial charge in [0.2, 0.25) is 0 Å². The lowest BCUT2D eigenvalue weighted by Gasteiger charge is -2.13. The van der Waals surface area contributed by atoms with E-state index in [0.29, 0.717) is 5.92 Å². The maximum absolute atomic E-state index is 2.46. The number of hydrogen-bond acceptors (Lipinski definition) is 0. The SMILES string of the molecule is Cc1c(C)c(C)[n+](CC(C)C)c(C)c1C. The average molecular weight is 206 g/mol. The fraction of sp³-hybridized carbons (Fsp3) is 0.643. The fourth-order valence-electron chi connectivity index (χ4n) is 2.12. The highest BCUT2D eigenvalue weighted by molar-refractivity contribution is 5.33. The summed E-state index contributed by atoms with van der Waals surface area (Å²) in [6.07, 6.45) is 0. The van der Waals surface area contributed by atoms with Crippen molar-refractivity contribution >= 4 is 0 Å². The molecule has 0 aromatic carbocycles. The van der Waals surface area contributed by atoms with Crippen LogP contribution in [0.2, 0.25) is 0 Å². The van der Waals surface area contributed by atoms with Crippen LogP contribution in [0, 0.1) is 40.5 Å². The first-order chi connectivity index (χ1) is 6.86. The molecule has 1 nitrogen and oxygen atoms in total. The van der Waals surface area contributed by atoms with Crippen LogP contribution in [0.3, 0.4) is 0 Å². The van der Waals surface area contributed by atoms with Gasteiger partial charge in [-0.2, -0.15) is 4.57 Å². The topological polar surface area (TPSA) is 3.88 Å². The van der Waals surface area contributed by atoms with Crippen molar-refractivity contribution in [2.24, 2.45) is 5.92 Å². The molecular weight excluding hydrogens is 182 g/mol. The largest absolute Gasteiger partial charge is 0.200 e. The molecule has 84 valence electrons. The Morgan fingerprint density at radius 2 is 1.20 bits per heavy atom. The summed E-state index contributed by atoms with van der Waals surface area (Å²) < 4.78 is 2.46. The van der Waals surface area contributed by atoms with Crippen LogP contribution in [-0.2, 0) is 6.54 Å². The van der Waals surface area contributed by atoms with E-state index in [9.17, 15) is 0 Å². The molecule has 0 aliphatic carbocycles. The number of rotatable bonds is 2. The summed E-state index contributed by atoms with van der Waals surface area (Å²) in [7, 11) is 0. The minimum absolute atomic E-state index is 0.703. The predicted octanol–water partition coefficient (Wildman–Crippen LogP) is 3.17. The van der Waals surface area contributed by atoms with E-state index in [1.165, 1.54) is 28.1 Å². The first kappa shape index (κ1) is 12.2. The van der Waals surface area contributed by atoms with Gasteiger partial charge >= 0.3 is 0 Å². The van der Waals surface area contributed by atoms with Gasteiger partial charge in [-0.1, -0.05) is 13.8 Å². The molecule has 0 N–H and O–H groups in total. The number of aromatic nitrogens is 1. The van der Waals surface area contributed by atoms with Gasteiger partial charge in [0.05, 0.1) is 0 Å². The molecule has 1 aromatic rings. The number of pyridine rings is 1. The molecule has 0 radical (unpaired) electrons. The molecule has 0 spiro atoms. The molecule has 0 saturated heterocycles. The average Bonchev–Trinajstić information content (AvgIpc) is 2.18. The van der Waals surface area contributed by atoms with Gasteiger partial charge in [-0.3, -0.25) is 0 Å². The van der Waals surface area contributed by atoms with Crippen molar-refractivity contribution in [3.05, 3.63) is 28.1 Å². The summed E-state index contributed by atoms with van der Waals surface area (Å²) in [6, 6.07) is 0. The fourth-order valence-corrected chi connectivity index (χ4v) is 2.12. The normalized spacial score (nSPS) is 11.2. The Hall–Kier alpha value is -0.850. The Morgan fingerprint density at radius 1 is 0.800 bits per heavy atom.